The highest BCUT2D eigenvalue weighted by molar-refractivity contribution is 7.57. The molecule has 3 rings (SSSR count). The predicted octanol–water partition coefficient (Wildman–Crippen LogP) is 7.93. The number of hydrogen-bond donors (Lipinski definition) is 3. The molecule has 48 heavy (non-hydrogen) atoms. The quantitative estimate of drug-likeness (QED) is 0.0435. The lowest BCUT2D eigenvalue weighted by molar-refractivity contribution is -0.121. The summed E-state index contributed by atoms with van der Waals surface area (Å²) in [5.41, 5.74) is 6.95. The van der Waals surface area contributed by atoms with Gasteiger partial charge in [0.25, 0.3) is 0 Å². The Morgan fingerprint density at radius 2 is 1.62 bits per heavy atom. The van der Waals surface area contributed by atoms with Crippen molar-refractivity contribution in [1.29, 1.82) is 0 Å². The number of nitrogens with two attached hydrogens (primary N) is 1. The monoisotopic (exact) mass is 687 g/mol. The van der Waals surface area contributed by atoms with Gasteiger partial charge in [-0.25, -0.2) is 24.4 Å². The number of amides is 1. The highest BCUT2D eigenvalue weighted by atomic mass is 31.2. The first-order chi connectivity index (χ1) is 23.3. The fraction of sp³-hybridized carbons (Fsp3) is 0.600. The van der Waals surface area contributed by atoms with Crippen molar-refractivity contribution >= 4 is 30.4 Å². The van der Waals surface area contributed by atoms with Gasteiger partial charge in [0.2, 0.25) is 5.91 Å². The molecule has 0 radical (unpaired) electrons. The molecule has 0 saturated carbocycles. The zero-order valence-corrected chi connectivity index (χ0v) is 29.6. The number of allylic oxidation sites excluding steroid dienone is 2. The fourth-order valence-corrected chi connectivity index (χ4v) is 6.80. The van der Waals surface area contributed by atoms with Crippen molar-refractivity contribution in [3.63, 3.8) is 0 Å². The van der Waals surface area contributed by atoms with Gasteiger partial charge in [0, 0.05) is 19.5 Å². The second kappa shape index (κ2) is 22.3. The van der Waals surface area contributed by atoms with Crippen molar-refractivity contribution in [3.05, 3.63) is 54.9 Å². The molecule has 11 nitrogen and oxygen atoms in total. The number of carbonyl (C=O) groups is 1. The van der Waals surface area contributed by atoms with Crippen LogP contribution in [0.4, 0.5) is 10.2 Å². The molecule has 1 unspecified atom stereocenters. The molecule has 2 atom stereocenters. The molecule has 266 valence electrons. The van der Waals surface area contributed by atoms with Gasteiger partial charge in [0.15, 0.2) is 11.5 Å². The fourth-order valence-electron chi connectivity index (χ4n) is 5.23. The van der Waals surface area contributed by atoms with Crippen molar-refractivity contribution in [3.8, 4) is 5.75 Å². The molecule has 0 saturated heterocycles. The topological polar surface area (TPSA) is 146 Å². The third kappa shape index (κ3) is 15.3. The number of unbranched alkanes of at least 4 members (excludes halogenated alkanes) is 11. The third-order valence-electron chi connectivity index (χ3n) is 7.94. The number of ether oxygens (including phenoxy) is 1. The van der Waals surface area contributed by atoms with Crippen LogP contribution < -0.4 is 20.7 Å². The smallest absolute Gasteiger partial charge is 0.341 e. The van der Waals surface area contributed by atoms with Gasteiger partial charge < -0.3 is 24.9 Å². The summed E-state index contributed by atoms with van der Waals surface area (Å²) in [6.45, 7) is 4.93. The zero-order valence-electron chi connectivity index (χ0n) is 28.7. The van der Waals surface area contributed by atoms with Gasteiger partial charge in [-0.15, -0.1) is 0 Å². The Morgan fingerprint density at radius 1 is 0.958 bits per heavy atom. The minimum Gasteiger partial charge on any atom is -0.431 e. The molecule has 0 aliphatic rings. The van der Waals surface area contributed by atoms with Crippen molar-refractivity contribution in [2.75, 3.05) is 25.2 Å². The van der Waals surface area contributed by atoms with Gasteiger partial charge in [0.1, 0.15) is 29.8 Å². The highest BCUT2D eigenvalue weighted by Gasteiger charge is 2.26. The molecule has 0 aliphatic heterocycles. The van der Waals surface area contributed by atoms with E-state index in [2.05, 4.69) is 44.4 Å². The molecule has 13 heteroatoms. The standard InChI is InChI=1S/C35H55FN7O4P/c1-3-4-5-6-7-8-9-10-11-12-13-14-15-16-17-18-32(44)38-23-24-42-48(45,47-31-21-19-30(36)20-22-31)28-46-29(2)25-43-27-41-33-34(37)39-26-40-35(33)43/h10-11,19-22,26-27,29H,3-9,12-18,23-25,28H2,1-2H3,(H,38,44)(H,42,45)(H2,37,39,40)/t29-,48?/m1/s1. The predicted molar refractivity (Wildman–Crippen MR) is 190 cm³/mol. The number of halogens is 1. The summed E-state index contributed by atoms with van der Waals surface area (Å²) in [6, 6.07) is 5.28. The van der Waals surface area contributed by atoms with E-state index >= 15 is 0 Å². The Labute approximate surface area is 285 Å². The number of nitrogens with zero attached hydrogens (tertiary/aromatic N) is 4. The van der Waals surface area contributed by atoms with Gasteiger partial charge in [0.05, 0.1) is 19.0 Å². The highest BCUT2D eigenvalue weighted by Crippen LogP contribution is 2.43. The molecule has 2 heterocycles. The van der Waals surface area contributed by atoms with Crippen molar-refractivity contribution < 1.29 is 23.0 Å². The Hall–Kier alpha value is -3.34. The lowest BCUT2D eigenvalue weighted by atomic mass is 10.1. The summed E-state index contributed by atoms with van der Waals surface area (Å²) in [5.74, 6) is 0.0598. The van der Waals surface area contributed by atoms with E-state index in [-0.39, 0.29) is 36.9 Å². The number of nitrogens with one attached hydrogen (secondary N) is 2. The summed E-state index contributed by atoms with van der Waals surface area (Å²) in [7, 11) is -3.59. The molecule has 0 spiro atoms. The van der Waals surface area contributed by atoms with E-state index in [1.165, 1.54) is 88.4 Å². The molecule has 3 aromatic rings. The van der Waals surface area contributed by atoms with Crippen LogP contribution >= 0.6 is 7.52 Å². The normalized spacial score (nSPS) is 13.6. The van der Waals surface area contributed by atoms with Crippen molar-refractivity contribution in [1.82, 2.24) is 29.9 Å². The molecule has 0 bridgehead atoms. The maximum absolute atomic E-state index is 13.8. The number of hydrogen-bond acceptors (Lipinski definition) is 8. The number of nitrogen functional groups attached to an aromatic ring is 1. The maximum Gasteiger partial charge on any atom is 0.341 e. The van der Waals surface area contributed by atoms with E-state index in [1.54, 1.807) is 10.9 Å². The number of imidazole rings is 1. The maximum atomic E-state index is 13.8. The van der Waals surface area contributed by atoms with Crippen molar-refractivity contribution in [2.45, 2.75) is 116 Å². The number of carbonyl (C=O) groups excluding carboxylic acids is 1. The van der Waals surface area contributed by atoms with Crippen LogP contribution in [0.2, 0.25) is 0 Å². The summed E-state index contributed by atoms with van der Waals surface area (Å²) < 4.78 is 40.7. The second-order valence-corrected chi connectivity index (χ2v) is 14.3. The number of aromatic nitrogens is 4. The van der Waals surface area contributed by atoms with Gasteiger partial charge in [-0.3, -0.25) is 9.36 Å². The van der Waals surface area contributed by atoms with Crippen LogP contribution in [0.5, 0.6) is 5.75 Å². The minimum absolute atomic E-state index is 0.0365. The lowest BCUT2D eigenvalue weighted by Gasteiger charge is -2.23. The van der Waals surface area contributed by atoms with E-state index in [1.807, 2.05) is 6.92 Å². The minimum atomic E-state index is -3.59. The van der Waals surface area contributed by atoms with Crippen LogP contribution in [0.25, 0.3) is 11.2 Å². The molecule has 0 fully saturated rings. The largest absolute Gasteiger partial charge is 0.431 e. The first kappa shape index (κ1) is 39.1. The molecule has 1 amide bonds. The lowest BCUT2D eigenvalue weighted by Crippen LogP contribution is -2.32. The van der Waals surface area contributed by atoms with Gasteiger partial charge >= 0.3 is 7.52 Å². The molecule has 0 aliphatic carbocycles. The van der Waals surface area contributed by atoms with Crippen LogP contribution in [0.15, 0.2) is 49.1 Å². The van der Waals surface area contributed by atoms with Crippen LogP contribution in [0.1, 0.15) is 104 Å². The van der Waals surface area contributed by atoms with E-state index in [4.69, 9.17) is 15.0 Å². The Balaban J connectivity index is 1.31. The van der Waals surface area contributed by atoms with E-state index < -0.39 is 19.4 Å². The summed E-state index contributed by atoms with van der Waals surface area (Å²) in [6.07, 6.45) is 23.2. The first-order valence-corrected chi connectivity index (χ1v) is 19.3. The van der Waals surface area contributed by atoms with Gasteiger partial charge in [-0.05, 0) is 63.3 Å². The SMILES string of the molecule is CCCCCCCCC=CCCCCCCCC(=O)NCCNP(=O)(CO[C@H](C)Cn1cnc2c(N)ncnc21)Oc1ccc(F)cc1. The van der Waals surface area contributed by atoms with Gasteiger partial charge in [-0.1, -0.05) is 70.4 Å². The third-order valence-corrected chi connectivity index (χ3v) is 9.64. The first-order valence-electron chi connectivity index (χ1n) is 17.5. The van der Waals surface area contributed by atoms with E-state index in [0.29, 0.717) is 24.1 Å². The zero-order chi connectivity index (χ0) is 34.5. The number of anilines is 1. The van der Waals surface area contributed by atoms with Crippen LogP contribution in [0, 0.1) is 5.82 Å². The molecular formula is C35H55FN7O4P. The number of fused-ring (bicyclic) bond motifs is 1. The second-order valence-electron chi connectivity index (χ2n) is 12.2. The van der Waals surface area contributed by atoms with Crippen molar-refractivity contribution in [2.24, 2.45) is 0 Å². The summed E-state index contributed by atoms with van der Waals surface area (Å²) in [4.78, 5) is 24.8. The van der Waals surface area contributed by atoms with Crippen LogP contribution in [-0.2, 0) is 20.6 Å². The Morgan fingerprint density at radius 3 is 2.33 bits per heavy atom. The van der Waals surface area contributed by atoms with Crippen LogP contribution in [-0.4, -0.2) is 51.0 Å². The number of rotatable bonds is 26. The molecule has 2 aromatic heterocycles. The van der Waals surface area contributed by atoms with E-state index in [0.717, 1.165) is 25.7 Å². The summed E-state index contributed by atoms with van der Waals surface area (Å²) >= 11 is 0. The van der Waals surface area contributed by atoms with Crippen LogP contribution in [0.3, 0.4) is 0 Å². The Bertz CT molecular complexity index is 1420. The Kier molecular flexibility index (Phi) is 18.2. The van der Waals surface area contributed by atoms with E-state index in [9.17, 15) is 13.8 Å². The average Bonchev–Trinajstić information content (AvgIpc) is 3.49. The number of benzene rings is 1. The molecule has 1 aromatic carbocycles. The summed E-state index contributed by atoms with van der Waals surface area (Å²) in [5, 5.41) is 5.81. The molecular weight excluding hydrogens is 632 g/mol. The molecule has 4 N–H and O–H groups in total. The van der Waals surface area contributed by atoms with Gasteiger partial charge in [-0.2, -0.15) is 0 Å². The average molecular weight is 688 g/mol.